The van der Waals surface area contributed by atoms with Gasteiger partial charge in [-0.25, -0.2) is 0 Å². The molecule has 0 aromatic heterocycles. The van der Waals surface area contributed by atoms with Crippen molar-refractivity contribution < 1.29 is 4.74 Å². The first-order valence-electron chi connectivity index (χ1n) is 4.85. The van der Waals surface area contributed by atoms with Gasteiger partial charge >= 0.3 is 0 Å². The summed E-state index contributed by atoms with van der Waals surface area (Å²) in [4.78, 5) is 0. The summed E-state index contributed by atoms with van der Waals surface area (Å²) in [5, 5.41) is 6.43. The lowest BCUT2D eigenvalue weighted by Gasteiger charge is -2.06. The fourth-order valence-electron chi connectivity index (χ4n) is 1.23. The molecule has 2 N–H and O–H groups in total. The summed E-state index contributed by atoms with van der Waals surface area (Å²) < 4.78 is 5.14. The van der Waals surface area contributed by atoms with Gasteiger partial charge in [0.1, 0.15) is 5.75 Å². The van der Waals surface area contributed by atoms with Gasteiger partial charge in [-0.3, -0.25) is 0 Å². The van der Waals surface area contributed by atoms with Crippen molar-refractivity contribution in [1.29, 1.82) is 0 Å². The third kappa shape index (κ3) is 3.77. The Morgan fingerprint density at radius 1 is 1.29 bits per heavy atom. The van der Waals surface area contributed by atoms with Gasteiger partial charge in [-0.15, -0.1) is 0 Å². The molecule has 0 saturated heterocycles. The first kappa shape index (κ1) is 11.0. The average molecular weight is 194 g/mol. The highest BCUT2D eigenvalue weighted by Gasteiger charge is 1.94. The van der Waals surface area contributed by atoms with Crippen LogP contribution in [0.4, 0.5) is 0 Å². The third-order valence-electron chi connectivity index (χ3n) is 2.02. The van der Waals surface area contributed by atoms with Gasteiger partial charge in [0, 0.05) is 19.6 Å². The second-order valence-corrected chi connectivity index (χ2v) is 3.13. The van der Waals surface area contributed by atoms with Gasteiger partial charge in [0.25, 0.3) is 0 Å². The molecule has 3 nitrogen and oxygen atoms in total. The molecule has 3 heteroatoms. The zero-order valence-electron chi connectivity index (χ0n) is 8.84. The molecule has 0 saturated carbocycles. The maximum absolute atomic E-state index is 5.14. The molecule has 0 atom stereocenters. The van der Waals surface area contributed by atoms with Crippen LogP contribution in [-0.4, -0.2) is 27.2 Å². The van der Waals surface area contributed by atoms with Gasteiger partial charge in [-0.1, -0.05) is 12.1 Å². The van der Waals surface area contributed by atoms with Crippen molar-refractivity contribution in [3.05, 3.63) is 29.8 Å². The molecule has 0 radical (unpaired) electrons. The number of ether oxygens (including phenoxy) is 1. The van der Waals surface area contributed by atoms with E-state index in [2.05, 4.69) is 16.7 Å². The minimum atomic E-state index is 0.888. The predicted octanol–water partition coefficient (Wildman–Crippen LogP) is 1.00. The van der Waals surface area contributed by atoms with E-state index in [4.69, 9.17) is 4.74 Å². The van der Waals surface area contributed by atoms with Crippen molar-refractivity contribution in [1.82, 2.24) is 10.6 Å². The monoisotopic (exact) mass is 194 g/mol. The maximum atomic E-state index is 5.14. The first-order valence-corrected chi connectivity index (χ1v) is 4.85. The second kappa shape index (κ2) is 6.40. The van der Waals surface area contributed by atoms with Crippen molar-refractivity contribution in [2.75, 3.05) is 27.2 Å². The van der Waals surface area contributed by atoms with Crippen molar-refractivity contribution in [2.45, 2.75) is 6.54 Å². The molecule has 14 heavy (non-hydrogen) atoms. The fourth-order valence-corrected chi connectivity index (χ4v) is 1.23. The Morgan fingerprint density at radius 2 is 2.14 bits per heavy atom. The number of methoxy groups -OCH3 is 1. The summed E-state index contributed by atoms with van der Waals surface area (Å²) >= 11 is 0. The normalized spacial score (nSPS) is 10.1. The van der Waals surface area contributed by atoms with E-state index in [9.17, 15) is 0 Å². The summed E-state index contributed by atoms with van der Waals surface area (Å²) in [6, 6.07) is 8.10. The highest BCUT2D eigenvalue weighted by atomic mass is 16.5. The summed E-state index contributed by atoms with van der Waals surface area (Å²) in [6.07, 6.45) is 0. The Bertz CT molecular complexity index is 263. The Labute approximate surface area is 85.5 Å². The van der Waals surface area contributed by atoms with Crippen LogP contribution < -0.4 is 15.4 Å². The molecule has 0 spiro atoms. The van der Waals surface area contributed by atoms with Crippen LogP contribution in [-0.2, 0) is 6.54 Å². The van der Waals surface area contributed by atoms with Gasteiger partial charge in [0.05, 0.1) is 7.11 Å². The number of hydrogen-bond acceptors (Lipinski definition) is 3. The van der Waals surface area contributed by atoms with E-state index in [0.717, 1.165) is 25.4 Å². The van der Waals surface area contributed by atoms with Crippen LogP contribution >= 0.6 is 0 Å². The quantitative estimate of drug-likeness (QED) is 0.663. The second-order valence-electron chi connectivity index (χ2n) is 3.13. The van der Waals surface area contributed by atoms with E-state index in [1.165, 1.54) is 5.56 Å². The molecule has 0 aliphatic carbocycles. The van der Waals surface area contributed by atoms with Crippen LogP contribution in [0.1, 0.15) is 5.56 Å². The van der Waals surface area contributed by atoms with Crippen molar-refractivity contribution in [3.63, 3.8) is 0 Å². The molecular weight excluding hydrogens is 176 g/mol. The van der Waals surface area contributed by atoms with Crippen molar-refractivity contribution in [3.8, 4) is 5.75 Å². The van der Waals surface area contributed by atoms with Crippen LogP contribution in [0.3, 0.4) is 0 Å². The molecule has 0 bridgehead atoms. The zero-order chi connectivity index (χ0) is 10.2. The van der Waals surface area contributed by atoms with E-state index in [0.29, 0.717) is 0 Å². The summed E-state index contributed by atoms with van der Waals surface area (Å²) in [6.45, 7) is 2.86. The van der Waals surface area contributed by atoms with E-state index < -0.39 is 0 Å². The molecule has 1 aromatic rings. The smallest absolute Gasteiger partial charge is 0.119 e. The van der Waals surface area contributed by atoms with Gasteiger partial charge in [0.2, 0.25) is 0 Å². The minimum absolute atomic E-state index is 0.888. The van der Waals surface area contributed by atoms with Crippen LogP contribution in [0.5, 0.6) is 5.75 Å². The SMILES string of the molecule is CNCCNCc1cccc(OC)c1. The maximum Gasteiger partial charge on any atom is 0.119 e. The molecule has 0 aliphatic rings. The van der Waals surface area contributed by atoms with Crippen LogP contribution in [0.25, 0.3) is 0 Å². The topological polar surface area (TPSA) is 33.3 Å². The lowest BCUT2D eigenvalue weighted by Crippen LogP contribution is -2.24. The standard InChI is InChI=1S/C11H18N2O/c1-12-6-7-13-9-10-4-3-5-11(8-10)14-2/h3-5,8,12-13H,6-7,9H2,1-2H3. The first-order chi connectivity index (χ1) is 6.86. The summed E-state index contributed by atoms with van der Waals surface area (Å²) in [5.41, 5.74) is 1.25. The molecule has 0 heterocycles. The van der Waals surface area contributed by atoms with Crippen molar-refractivity contribution >= 4 is 0 Å². The molecular formula is C11H18N2O. The van der Waals surface area contributed by atoms with Crippen LogP contribution in [0, 0.1) is 0 Å². The third-order valence-corrected chi connectivity index (χ3v) is 2.02. The number of nitrogens with one attached hydrogen (secondary N) is 2. The Balaban J connectivity index is 2.34. The lowest BCUT2D eigenvalue weighted by molar-refractivity contribution is 0.414. The fraction of sp³-hybridized carbons (Fsp3) is 0.455. The molecule has 0 aliphatic heterocycles. The highest BCUT2D eigenvalue weighted by molar-refractivity contribution is 5.28. The average Bonchev–Trinajstić information content (AvgIpc) is 2.25. The number of rotatable bonds is 6. The minimum Gasteiger partial charge on any atom is -0.497 e. The molecule has 0 amide bonds. The van der Waals surface area contributed by atoms with E-state index in [-0.39, 0.29) is 0 Å². The predicted molar refractivity (Wildman–Crippen MR) is 58.6 cm³/mol. The van der Waals surface area contributed by atoms with Gasteiger partial charge in [-0.05, 0) is 24.7 Å². The summed E-state index contributed by atoms with van der Waals surface area (Å²) in [7, 11) is 3.64. The molecule has 0 unspecified atom stereocenters. The van der Waals surface area contributed by atoms with Gasteiger partial charge in [0.15, 0.2) is 0 Å². The number of hydrogen-bond donors (Lipinski definition) is 2. The molecule has 0 fully saturated rings. The highest BCUT2D eigenvalue weighted by Crippen LogP contribution is 2.11. The van der Waals surface area contributed by atoms with Crippen LogP contribution in [0.15, 0.2) is 24.3 Å². The lowest BCUT2D eigenvalue weighted by atomic mass is 10.2. The Hall–Kier alpha value is -1.06. The van der Waals surface area contributed by atoms with E-state index in [1.807, 2.05) is 25.2 Å². The summed E-state index contributed by atoms with van der Waals surface area (Å²) in [5.74, 6) is 0.915. The molecule has 1 aromatic carbocycles. The Morgan fingerprint density at radius 3 is 2.86 bits per heavy atom. The molecule has 78 valence electrons. The van der Waals surface area contributed by atoms with Crippen LogP contribution in [0.2, 0.25) is 0 Å². The largest absolute Gasteiger partial charge is 0.497 e. The Kier molecular flexibility index (Phi) is 5.04. The van der Waals surface area contributed by atoms with E-state index in [1.54, 1.807) is 7.11 Å². The van der Waals surface area contributed by atoms with E-state index >= 15 is 0 Å². The van der Waals surface area contributed by atoms with Crippen molar-refractivity contribution in [2.24, 2.45) is 0 Å². The molecule has 1 rings (SSSR count). The van der Waals surface area contributed by atoms with Gasteiger partial charge < -0.3 is 15.4 Å². The number of likely N-dealkylation sites (N-methyl/N-ethyl adjacent to an activating group) is 1. The van der Waals surface area contributed by atoms with Gasteiger partial charge in [-0.2, -0.15) is 0 Å². The zero-order valence-corrected chi connectivity index (χ0v) is 8.84. The number of benzene rings is 1.